The third-order valence-corrected chi connectivity index (χ3v) is 7.59. The molecule has 0 radical (unpaired) electrons. The van der Waals surface area contributed by atoms with Gasteiger partial charge in [0.1, 0.15) is 12.2 Å². The second-order valence-electron chi connectivity index (χ2n) is 8.53. The molecule has 4 unspecified atom stereocenters. The minimum atomic E-state index is -1.92. The van der Waals surface area contributed by atoms with Crippen LogP contribution in [0.2, 0.25) is 0 Å². The van der Waals surface area contributed by atoms with Crippen LogP contribution in [0.15, 0.2) is 74.1 Å². The lowest BCUT2D eigenvalue weighted by Crippen LogP contribution is -2.41. The molecule has 182 valence electrons. The second kappa shape index (κ2) is 9.44. The first-order chi connectivity index (χ1) is 16.9. The molecule has 3 heterocycles. The van der Waals surface area contributed by atoms with Crippen molar-refractivity contribution < 1.29 is 19.0 Å². The number of ether oxygens (including phenoxy) is 1. The molecule has 8 nitrogen and oxygen atoms in total. The smallest absolute Gasteiger partial charge is 0.330 e. The van der Waals surface area contributed by atoms with Crippen molar-refractivity contribution in [2.45, 2.75) is 53.7 Å². The molecule has 1 fully saturated rings. The quantitative estimate of drug-likeness (QED) is 0.498. The highest BCUT2D eigenvalue weighted by molar-refractivity contribution is 7.99. The molecule has 1 saturated heterocycles. The maximum Gasteiger partial charge on any atom is 0.330 e. The Bertz CT molecular complexity index is 1340. The largest absolute Gasteiger partial charge is 0.387 e. The Morgan fingerprint density at radius 3 is 2.40 bits per heavy atom. The van der Waals surface area contributed by atoms with Crippen LogP contribution in [0, 0.1) is 0 Å². The summed E-state index contributed by atoms with van der Waals surface area (Å²) in [6.07, 6.45) is -4.40. The van der Waals surface area contributed by atoms with Crippen LogP contribution in [-0.2, 0) is 16.0 Å². The maximum atomic E-state index is 15.0. The summed E-state index contributed by atoms with van der Waals surface area (Å²) in [7, 11) is 0. The van der Waals surface area contributed by atoms with E-state index in [0.29, 0.717) is 12.0 Å². The highest BCUT2D eigenvalue weighted by Gasteiger charge is 2.46. The number of hydrogen-bond acceptors (Lipinski definition) is 6. The van der Waals surface area contributed by atoms with Gasteiger partial charge in [-0.1, -0.05) is 55.1 Å². The fourth-order valence-electron chi connectivity index (χ4n) is 4.56. The number of carbonyl (C=O) groups excluding carboxylic acids is 1. The number of hydrogen-bond donors (Lipinski definition) is 3. The monoisotopic (exact) mass is 497 g/mol. The van der Waals surface area contributed by atoms with Crippen molar-refractivity contribution in [2.75, 3.05) is 6.54 Å². The van der Waals surface area contributed by atoms with E-state index < -0.39 is 41.8 Å². The zero-order valence-electron chi connectivity index (χ0n) is 18.8. The number of rotatable bonds is 5. The molecule has 10 heteroatoms. The van der Waals surface area contributed by atoms with Gasteiger partial charge in [-0.25, -0.2) is 9.18 Å². The number of halogens is 1. The van der Waals surface area contributed by atoms with Crippen LogP contribution < -0.4 is 16.6 Å². The van der Waals surface area contributed by atoms with E-state index in [9.17, 15) is 23.9 Å². The lowest BCUT2D eigenvalue weighted by atomic mass is 9.89. The van der Waals surface area contributed by atoms with Crippen LogP contribution in [0.3, 0.4) is 0 Å². The number of carbonyl (C=O) groups is 1. The number of nitrogens with one attached hydrogen (secondary N) is 2. The molecular weight excluding hydrogens is 473 g/mol. The molecule has 0 aliphatic carbocycles. The van der Waals surface area contributed by atoms with Gasteiger partial charge >= 0.3 is 5.69 Å². The number of amides is 1. The van der Waals surface area contributed by atoms with Crippen LogP contribution in [-0.4, -0.2) is 45.5 Å². The average Bonchev–Trinajstić information content (AvgIpc) is 3.14. The zero-order valence-corrected chi connectivity index (χ0v) is 19.6. The number of aromatic nitrogens is 2. The number of H-pyrrole nitrogens is 1. The number of aryl methyl sites for hydroxylation is 1. The molecule has 1 aromatic heterocycles. The van der Waals surface area contributed by atoms with Gasteiger partial charge in [-0.3, -0.25) is 19.1 Å². The van der Waals surface area contributed by atoms with Crippen LogP contribution in [0.25, 0.3) is 0 Å². The molecule has 0 bridgehead atoms. The number of fused-ring (bicyclic) bond motifs is 2. The van der Waals surface area contributed by atoms with E-state index in [2.05, 4.69) is 10.3 Å². The predicted molar refractivity (Wildman–Crippen MR) is 127 cm³/mol. The number of aliphatic hydroxyl groups is 1. The third kappa shape index (κ3) is 4.22. The Morgan fingerprint density at radius 1 is 1.14 bits per heavy atom. The first kappa shape index (κ1) is 23.5. The first-order valence-electron chi connectivity index (χ1n) is 11.3. The van der Waals surface area contributed by atoms with Crippen LogP contribution in [0.4, 0.5) is 4.39 Å². The van der Waals surface area contributed by atoms with Crippen molar-refractivity contribution in [1.82, 2.24) is 14.9 Å². The van der Waals surface area contributed by atoms with Crippen LogP contribution >= 0.6 is 11.8 Å². The summed E-state index contributed by atoms with van der Waals surface area (Å²) in [6, 6.07) is 15.3. The molecule has 1 amide bonds. The number of alkyl halides is 1. The van der Waals surface area contributed by atoms with Gasteiger partial charge in [-0.2, -0.15) is 0 Å². The Labute approximate surface area is 204 Å². The molecule has 3 aromatic rings. The standard InChI is InChI=1S/C25H24FN3O5S/c1-2-13-12-29(25(33)28-22(13)31)24-20(26)21(30)16(34-24)11-27-23(32)19-14-7-3-5-9-17(14)35-18-10-6-4-8-15(18)19/h3-10,12,16,19-21,24,30H,2,11H2,1H3,(H,27,32)(H,28,31,33). The summed E-state index contributed by atoms with van der Waals surface area (Å²) < 4.78 is 21.6. The van der Waals surface area contributed by atoms with E-state index in [0.717, 1.165) is 25.5 Å². The van der Waals surface area contributed by atoms with Gasteiger partial charge in [-0.15, -0.1) is 0 Å². The van der Waals surface area contributed by atoms with Crippen molar-refractivity contribution in [3.63, 3.8) is 0 Å². The molecule has 0 spiro atoms. The Morgan fingerprint density at radius 2 is 1.77 bits per heavy atom. The van der Waals surface area contributed by atoms with E-state index in [-0.39, 0.29) is 12.5 Å². The Balaban J connectivity index is 1.35. The van der Waals surface area contributed by atoms with E-state index in [4.69, 9.17) is 4.74 Å². The normalized spacial score (nSPS) is 23.5. The van der Waals surface area contributed by atoms with Crippen LogP contribution in [0.5, 0.6) is 0 Å². The highest BCUT2D eigenvalue weighted by atomic mass is 32.2. The van der Waals surface area contributed by atoms with Gasteiger partial charge in [0.25, 0.3) is 5.56 Å². The lowest BCUT2D eigenvalue weighted by molar-refractivity contribution is -0.122. The first-order valence-corrected chi connectivity index (χ1v) is 12.2. The van der Waals surface area contributed by atoms with Gasteiger partial charge in [0.15, 0.2) is 12.4 Å². The topological polar surface area (TPSA) is 113 Å². The van der Waals surface area contributed by atoms with Crippen molar-refractivity contribution in [3.05, 3.63) is 92.3 Å². The van der Waals surface area contributed by atoms with Gasteiger partial charge in [0, 0.05) is 28.1 Å². The van der Waals surface area contributed by atoms with Gasteiger partial charge in [-0.05, 0) is 29.7 Å². The molecule has 35 heavy (non-hydrogen) atoms. The minimum absolute atomic E-state index is 0.149. The average molecular weight is 498 g/mol. The molecule has 2 aliphatic rings. The molecular formula is C25H24FN3O5S. The second-order valence-corrected chi connectivity index (χ2v) is 9.61. The molecule has 4 atom stereocenters. The SMILES string of the molecule is CCc1cn(C2OC(CNC(=O)C3c4ccccc4Sc4ccccc43)C(O)C2F)c(=O)[nH]c1=O. The van der Waals surface area contributed by atoms with Gasteiger partial charge in [0.2, 0.25) is 5.91 Å². The fourth-order valence-corrected chi connectivity index (χ4v) is 5.70. The zero-order chi connectivity index (χ0) is 24.7. The minimum Gasteiger partial charge on any atom is -0.387 e. The summed E-state index contributed by atoms with van der Waals surface area (Å²) in [6.45, 7) is 1.58. The van der Waals surface area contributed by atoms with Gasteiger partial charge in [0.05, 0.1) is 5.92 Å². The molecule has 2 aliphatic heterocycles. The van der Waals surface area contributed by atoms with E-state index in [1.807, 2.05) is 48.5 Å². The number of nitrogens with zero attached hydrogens (tertiary/aromatic N) is 1. The summed E-state index contributed by atoms with van der Waals surface area (Å²) in [5.74, 6) is -0.859. The summed E-state index contributed by atoms with van der Waals surface area (Å²) in [4.78, 5) is 41.6. The van der Waals surface area contributed by atoms with E-state index in [1.165, 1.54) is 6.20 Å². The fraction of sp³-hybridized carbons (Fsp3) is 0.320. The number of aromatic amines is 1. The summed E-state index contributed by atoms with van der Waals surface area (Å²) in [5.41, 5.74) is 0.658. The maximum absolute atomic E-state index is 15.0. The van der Waals surface area contributed by atoms with E-state index >= 15 is 0 Å². The van der Waals surface area contributed by atoms with Crippen molar-refractivity contribution in [3.8, 4) is 0 Å². The molecule has 0 saturated carbocycles. The Kier molecular flexibility index (Phi) is 6.35. The predicted octanol–water partition coefficient (Wildman–Crippen LogP) is 2.11. The molecule has 3 N–H and O–H groups in total. The van der Waals surface area contributed by atoms with Crippen molar-refractivity contribution in [1.29, 1.82) is 0 Å². The van der Waals surface area contributed by atoms with Crippen molar-refractivity contribution >= 4 is 17.7 Å². The lowest BCUT2D eigenvalue weighted by Gasteiger charge is -2.27. The third-order valence-electron chi connectivity index (χ3n) is 6.41. The molecule has 5 rings (SSSR count). The summed E-state index contributed by atoms with van der Waals surface area (Å²) >= 11 is 1.60. The Hall–Kier alpha value is -3.21. The number of benzene rings is 2. The number of aliphatic hydroxyl groups excluding tert-OH is 1. The van der Waals surface area contributed by atoms with Crippen molar-refractivity contribution in [2.24, 2.45) is 0 Å². The highest BCUT2D eigenvalue weighted by Crippen LogP contribution is 2.45. The van der Waals surface area contributed by atoms with E-state index in [1.54, 1.807) is 18.7 Å². The molecule has 2 aromatic carbocycles. The van der Waals surface area contributed by atoms with Crippen LogP contribution in [0.1, 0.15) is 35.8 Å². The summed E-state index contributed by atoms with van der Waals surface area (Å²) in [5, 5.41) is 13.3. The van der Waals surface area contributed by atoms with Gasteiger partial charge < -0.3 is 15.2 Å².